The molecule has 2 aromatic carbocycles. The average molecular weight is 290 g/mol. The van der Waals surface area contributed by atoms with E-state index in [0.717, 1.165) is 24.3 Å². The minimum absolute atomic E-state index is 0.562. The molecule has 0 amide bonds. The summed E-state index contributed by atoms with van der Waals surface area (Å²) in [6, 6.07) is 20.9. The van der Waals surface area contributed by atoms with Gasteiger partial charge in [-0.2, -0.15) is 0 Å². The molecule has 0 unspecified atom stereocenters. The molecule has 0 bridgehead atoms. The number of benzene rings is 2. The maximum Gasteiger partial charge on any atom is 0.129 e. The molecule has 1 aliphatic heterocycles. The Morgan fingerprint density at radius 2 is 1.64 bits per heavy atom. The molecule has 0 fully saturated rings. The maximum atomic E-state index is 4.69. The van der Waals surface area contributed by atoms with Crippen LogP contribution in [-0.2, 0) is 6.42 Å². The highest BCUT2D eigenvalue weighted by Gasteiger charge is 2.12. The monoisotopic (exact) mass is 290 g/mol. The molecule has 4 rings (SSSR count). The lowest BCUT2D eigenvalue weighted by molar-refractivity contribution is 0.868. The molecule has 3 aromatic rings. The lowest BCUT2D eigenvalue weighted by Crippen LogP contribution is -1.94. The van der Waals surface area contributed by atoms with Crippen LogP contribution in [0.3, 0.4) is 0 Å². The van der Waals surface area contributed by atoms with Gasteiger partial charge in [-0.15, -0.1) is 0 Å². The van der Waals surface area contributed by atoms with Crippen molar-refractivity contribution >= 4 is 16.7 Å². The second kappa shape index (κ2) is 6.61. The number of hydrogen-bond acceptors (Lipinski definition) is 2. The third-order valence-corrected chi connectivity index (χ3v) is 3.94. The first-order valence-electron chi connectivity index (χ1n) is 7.91. The molecular formula is C20H22N2. The first-order chi connectivity index (χ1) is 10.7. The number of aromatic nitrogens is 1. The van der Waals surface area contributed by atoms with E-state index >= 15 is 0 Å². The van der Waals surface area contributed by atoms with Gasteiger partial charge in [0.15, 0.2) is 0 Å². The van der Waals surface area contributed by atoms with Crippen LogP contribution >= 0.6 is 0 Å². The van der Waals surface area contributed by atoms with Crippen LogP contribution in [0, 0.1) is 0 Å². The summed E-state index contributed by atoms with van der Waals surface area (Å²) in [6.45, 7) is 5.45. The fourth-order valence-corrected chi connectivity index (χ4v) is 2.63. The topological polar surface area (TPSA) is 24.9 Å². The summed E-state index contributed by atoms with van der Waals surface area (Å²) in [5, 5.41) is 4.59. The highest BCUT2D eigenvalue weighted by molar-refractivity contribution is 5.83. The van der Waals surface area contributed by atoms with E-state index in [1.807, 2.05) is 36.4 Å². The second-order valence-corrected chi connectivity index (χ2v) is 5.93. The van der Waals surface area contributed by atoms with E-state index in [4.69, 9.17) is 0 Å². The maximum absolute atomic E-state index is 4.69. The highest BCUT2D eigenvalue weighted by atomic mass is 15.0. The van der Waals surface area contributed by atoms with Gasteiger partial charge in [0.1, 0.15) is 5.82 Å². The Bertz CT molecular complexity index is 722. The standard InChI is InChI=1S/C14H16N2.C6H6/c1-9(2)10-3-4-11-7-12-5-6-15-14(12)16-13(11)8-10;1-2-4-6-5-3-1/h3-4,7-9H,5-6H2,1-2H3,(H,15,16);1-6H. The molecule has 1 aromatic heterocycles. The number of hydrogen-bond donors (Lipinski definition) is 1. The SMILES string of the molecule is CC(C)c1ccc2cc3c(nc2c1)NCC3.c1ccccc1. The molecule has 0 aliphatic carbocycles. The van der Waals surface area contributed by atoms with Gasteiger partial charge in [0, 0.05) is 11.9 Å². The van der Waals surface area contributed by atoms with E-state index in [2.05, 4.69) is 48.4 Å². The Hall–Kier alpha value is -2.35. The van der Waals surface area contributed by atoms with Crippen molar-refractivity contribution < 1.29 is 0 Å². The Morgan fingerprint density at radius 1 is 0.955 bits per heavy atom. The zero-order valence-electron chi connectivity index (χ0n) is 13.2. The van der Waals surface area contributed by atoms with Crippen LogP contribution in [0.2, 0.25) is 0 Å². The lowest BCUT2D eigenvalue weighted by Gasteiger charge is -2.08. The first-order valence-corrected chi connectivity index (χ1v) is 7.91. The zero-order valence-corrected chi connectivity index (χ0v) is 13.2. The Morgan fingerprint density at radius 3 is 2.27 bits per heavy atom. The molecule has 1 N–H and O–H groups in total. The molecule has 2 heteroatoms. The number of nitrogens with one attached hydrogen (secondary N) is 1. The Balaban J connectivity index is 0.000000202. The van der Waals surface area contributed by atoms with Gasteiger partial charge >= 0.3 is 0 Å². The fraction of sp³-hybridized carbons (Fsp3) is 0.250. The van der Waals surface area contributed by atoms with Gasteiger partial charge in [0.25, 0.3) is 0 Å². The van der Waals surface area contributed by atoms with Crippen LogP contribution in [0.15, 0.2) is 60.7 Å². The van der Waals surface area contributed by atoms with Crippen LogP contribution in [0.5, 0.6) is 0 Å². The molecule has 0 spiro atoms. The fourth-order valence-electron chi connectivity index (χ4n) is 2.63. The first kappa shape index (κ1) is 14.6. The van der Waals surface area contributed by atoms with Crippen molar-refractivity contribution in [1.82, 2.24) is 4.98 Å². The number of fused-ring (bicyclic) bond motifs is 2. The Kier molecular flexibility index (Phi) is 4.38. The quantitative estimate of drug-likeness (QED) is 0.681. The minimum atomic E-state index is 0.562. The number of pyridine rings is 1. The molecule has 0 atom stereocenters. The third kappa shape index (κ3) is 3.28. The Labute approximate surface area is 132 Å². The predicted molar refractivity (Wildman–Crippen MR) is 94.5 cm³/mol. The largest absolute Gasteiger partial charge is 0.369 e. The number of anilines is 1. The van der Waals surface area contributed by atoms with Crippen molar-refractivity contribution in [2.24, 2.45) is 0 Å². The molecule has 1 aliphatic rings. The molecule has 2 heterocycles. The van der Waals surface area contributed by atoms with Gasteiger partial charge in [-0.05, 0) is 35.6 Å². The van der Waals surface area contributed by atoms with E-state index in [0.29, 0.717) is 5.92 Å². The van der Waals surface area contributed by atoms with Gasteiger partial charge in [-0.1, -0.05) is 62.4 Å². The summed E-state index contributed by atoms with van der Waals surface area (Å²) < 4.78 is 0. The highest BCUT2D eigenvalue weighted by Crippen LogP contribution is 2.26. The normalized spacial score (nSPS) is 12.5. The van der Waals surface area contributed by atoms with Gasteiger partial charge in [-0.25, -0.2) is 4.98 Å². The molecule has 2 nitrogen and oxygen atoms in total. The number of nitrogens with zero attached hydrogens (tertiary/aromatic N) is 1. The lowest BCUT2D eigenvalue weighted by atomic mass is 10.0. The van der Waals surface area contributed by atoms with Gasteiger partial charge in [0.2, 0.25) is 0 Å². The van der Waals surface area contributed by atoms with Crippen molar-refractivity contribution in [2.75, 3.05) is 11.9 Å². The van der Waals surface area contributed by atoms with Crippen LogP contribution in [0.25, 0.3) is 10.9 Å². The van der Waals surface area contributed by atoms with Gasteiger partial charge in [-0.3, -0.25) is 0 Å². The summed E-state index contributed by atoms with van der Waals surface area (Å²) in [6.07, 6.45) is 1.10. The second-order valence-electron chi connectivity index (χ2n) is 5.93. The molecule has 0 radical (unpaired) electrons. The van der Waals surface area contributed by atoms with Crippen molar-refractivity contribution in [3.63, 3.8) is 0 Å². The summed E-state index contributed by atoms with van der Waals surface area (Å²) >= 11 is 0. The minimum Gasteiger partial charge on any atom is -0.369 e. The van der Waals surface area contributed by atoms with E-state index in [9.17, 15) is 0 Å². The molecule has 0 saturated heterocycles. The average Bonchev–Trinajstić information content (AvgIpc) is 3.01. The van der Waals surface area contributed by atoms with E-state index < -0.39 is 0 Å². The summed E-state index contributed by atoms with van der Waals surface area (Å²) in [5.74, 6) is 1.64. The van der Waals surface area contributed by atoms with E-state index in [1.165, 1.54) is 16.5 Å². The van der Waals surface area contributed by atoms with Crippen LogP contribution in [0.1, 0.15) is 30.9 Å². The van der Waals surface area contributed by atoms with E-state index in [1.54, 1.807) is 0 Å². The third-order valence-electron chi connectivity index (χ3n) is 3.94. The van der Waals surface area contributed by atoms with Gasteiger partial charge < -0.3 is 5.32 Å². The molecule has 0 saturated carbocycles. The zero-order chi connectivity index (χ0) is 15.4. The van der Waals surface area contributed by atoms with Crippen LogP contribution < -0.4 is 5.32 Å². The summed E-state index contributed by atoms with van der Waals surface area (Å²) in [5.41, 5.74) is 3.82. The molecule has 22 heavy (non-hydrogen) atoms. The van der Waals surface area contributed by atoms with E-state index in [-0.39, 0.29) is 0 Å². The molecule has 112 valence electrons. The summed E-state index contributed by atoms with van der Waals surface area (Å²) in [7, 11) is 0. The van der Waals surface area contributed by atoms with Crippen molar-refractivity contribution in [1.29, 1.82) is 0 Å². The van der Waals surface area contributed by atoms with Crippen LogP contribution in [-0.4, -0.2) is 11.5 Å². The smallest absolute Gasteiger partial charge is 0.129 e. The summed E-state index contributed by atoms with van der Waals surface area (Å²) in [4.78, 5) is 4.69. The van der Waals surface area contributed by atoms with Crippen molar-refractivity contribution in [2.45, 2.75) is 26.2 Å². The number of rotatable bonds is 1. The predicted octanol–water partition coefficient (Wildman–Crippen LogP) is 5.01. The van der Waals surface area contributed by atoms with Crippen molar-refractivity contribution in [3.8, 4) is 0 Å². The molecular weight excluding hydrogens is 268 g/mol. The van der Waals surface area contributed by atoms with Crippen LogP contribution in [0.4, 0.5) is 5.82 Å². The van der Waals surface area contributed by atoms with Crippen molar-refractivity contribution in [3.05, 3.63) is 71.8 Å². The van der Waals surface area contributed by atoms with Gasteiger partial charge in [0.05, 0.1) is 5.52 Å².